The van der Waals surface area contributed by atoms with Gasteiger partial charge in [0.2, 0.25) is 5.91 Å². The summed E-state index contributed by atoms with van der Waals surface area (Å²) >= 11 is 0. The molecule has 1 heterocycles. The van der Waals surface area contributed by atoms with Crippen LogP contribution < -0.4 is 10.2 Å². The lowest BCUT2D eigenvalue weighted by Gasteiger charge is -2.38. The molecule has 1 aliphatic carbocycles. The van der Waals surface area contributed by atoms with Crippen LogP contribution >= 0.6 is 0 Å². The number of amides is 1. The molecule has 2 atom stereocenters. The van der Waals surface area contributed by atoms with Gasteiger partial charge in [-0.25, -0.2) is 0 Å². The van der Waals surface area contributed by atoms with Gasteiger partial charge in [0.25, 0.3) is 0 Å². The summed E-state index contributed by atoms with van der Waals surface area (Å²) in [6.45, 7) is 8.27. The van der Waals surface area contributed by atoms with E-state index in [2.05, 4.69) is 41.4 Å². The van der Waals surface area contributed by atoms with Crippen LogP contribution in [-0.4, -0.2) is 62.8 Å². The summed E-state index contributed by atoms with van der Waals surface area (Å²) in [5, 5.41) is 3.53. The second kappa shape index (κ2) is 7.75. The highest BCUT2D eigenvalue weighted by Crippen LogP contribution is 2.48. The van der Waals surface area contributed by atoms with Crippen molar-refractivity contribution in [2.24, 2.45) is 5.41 Å². The van der Waals surface area contributed by atoms with E-state index in [0.717, 1.165) is 26.2 Å². The highest BCUT2D eigenvalue weighted by molar-refractivity contribution is 5.81. The zero-order chi connectivity index (χ0) is 17.9. The van der Waals surface area contributed by atoms with E-state index in [-0.39, 0.29) is 23.4 Å². The first-order valence-corrected chi connectivity index (χ1v) is 9.37. The summed E-state index contributed by atoms with van der Waals surface area (Å²) < 4.78 is 5.37. The molecule has 1 saturated carbocycles. The van der Waals surface area contributed by atoms with Crippen LogP contribution in [0, 0.1) is 5.41 Å². The van der Waals surface area contributed by atoms with E-state index >= 15 is 0 Å². The fourth-order valence-corrected chi connectivity index (χ4v) is 3.63. The van der Waals surface area contributed by atoms with E-state index in [0.29, 0.717) is 6.61 Å². The summed E-state index contributed by atoms with van der Waals surface area (Å²) in [6, 6.07) is 10.5. The van der Waals surface area contributed by atoms with Crippen molar-refractivity contribution in [3.05, 3.63) is 30.3 Å². The molecule has 1 aromatic carbocycles. The number of ether oxygens (including phenoxy) is 1. The number of carbonyl (C=O) groups is 1. The Kier molecular flexibility index (Phi) is 5.64. The average molecular weight is 345 g/mol. The van der Waals surface area contributed by atoms with Gasteiger partial charge >= 0.3 is 0 Å². The fourth-order valence-electron chi connectivity index (χ4n) is 3.63. The van der Waals surface area contributed by atoms with Crippen molar-refractivity contribution in [1.82, 2.24) is 10.2 Å². The van der Waals surface area contributed by atoms with E-state index in [9.17, 15) is 4.79 Å². The zero-order valence-corrected chi connectivity index (χ0v) is 15.7. The predicted molar refractivity (Wildman–Crippen MR) is 101 cm³/mol. The maximum atomic E-state index is 12.8. The third-order valence-electron chi connectivity index (χ3n) is 5.75. The molecule has 1 amide bonds. The van der Waals surface area contributed by atoms with Gasteiger partial charge in [-0.3, -0.25) is 4.79 Å². The molecule has 3 rings (SSSR count). The number of benzene rings is 1. The molecule has 1 saturated heterocycles. The number of methoxy groups -OCH3 is 1. The highest BCUT2D eigenvalue weighted by Gasteiger charge is 2.45. The van der Waals surface area contributed by atoms with Crippen LogP contribution in [0.15, 0.2) is 30.3 Å². The first-order chi connectivity index (χ1) is 12.0. The Hall–Kier alpha value is -1.59. The van der Waals surface area contributed by atoms with Gasteiger partial charge < -0.3 is 19.9 Å². The summed E-state index contributed by atoms with van der Waals surface area (Å²) in [6.07, 6.45) is 2.43. The molecular weight excluding hydrogens is 314 g/mol. The molecule has 25 heavy (non-hydrogen) atoms. The number of rotatable bonds is 7. The summed E-state index contributed by atoms with van der Waals surface area (Å²) in [7, 11) is 1.73. The van der Waals surface area contributed by atoms with Crippen LogP contribution in [0.2, 0.25) is 0 Å². The van der Waals surface area contributed by atoms with E-state index in [4.69, 9.17) is 4.74 Å². The van der Waals surface area contributed by atoms with Gasteiger partial charge in [0.05, 0.1) is 12.6 Å². The van der Waals surface area contributed by atoms with Crippen molar-refractivity contribution in [2.45, 2.75) is 38.8 Å². The summed E-state index contributed by atoms with van der Waals surface area (Å²) in [5.41, 5.74) is 1.53. The molecule has 0 aromatic heterocycles. The van der Waals surface area contributed by atoms with Crippen molar-refractivity contribution >= 4 is 11.6 Å². The Labute approximate surface area is 151 Å². The van der Waals surface area contributed by atoms with E-state index in [1.807, 2.05) is 17.9 Å². The lowest BCUT2D eigenvalue weighted by Crippen LogP contribution is -2.56. The van der Waals surface area contributed by atoms with Crippen LogP contribution in [0.25, 0.3) is 0 Å². The van der Waals surface area contributed by atoms with Gasteiger partial charge in [-0.05, 0) is 37.3 Å². The monoisotopic (exact) mass is 345 g/mol. The standard InChI is InChI=1S/C20H31N3O2/c1-16(21-18(15-25-3)20(2)9-10-20)19(24)23-13-11-22(12-14-23)17-7-5-4-6-8-17/h4-8,16,18,21H,9-15H2,1-3H3. The van der Waals surface area contributed by atoms with Gasteiger partial charge in [0, 0.05) is 45.0 Å². The quantitative estimate of drug-likeness (QED) is 0.822. The third-order valence-corrected chi connectivity index (χ3v) is 5.75. The van der Waals surface area contributed by atoms with Crippen LogP contribution in [0.5, 0.6) is 0 Å². The minimum Gasteiger partial charge on any atom is -0.383 e. The summed E-state index contributed by atoms with van der Waals surface area (Å²) in [5.74, 6) is 0.207. The van der Waals surface area contributed by atoms with Gasteiger partial charge in [-0.2, -0.15) is 0 Å². The second-order valence-corrected chi connectivity index (χ2v) is 7.70. The van der Waals surface area contributed by atoms with Gasteiger partial charge in [-0.15, -0.1) is 0 Å². The zero-order valence-electron chi connectivity index (χ0n) is 15.7. The first kappa shape index (κ1) is 18.2. The Morgan fingerprint density at radius 3 is 2.40 bits per heavy atom. The Morgan fingerprint density at radius 2 is 1.84 bits per heavy atom. The smallest absolute Gasteiger partial charge is 0.239 e. The average Bonchev–Trinajstić information content (AvgIpc) is 3.40. The second-order valence-electron chi connectivity index (χ2n) is 7.70. The molecule has 1 aromatic rings. The van der Waals surface area contributed by atoms with Gasteiger partial charge in [0.1, 0.15) is 0 Å². The summed E-state index contributed by atoms with van der Waals surface area (Å²) in [4.78, 5) is 17.2. The van der Waals surface area contributed by atoms with Crippen LogP contribution in [0.3, 0.4) is 0 Å². The lowest BCUT2D eigenvalue weighted by molar-refractivity contribution is -0.133. The fraction of sp³-hybridized carbons (Fsp3) is 0.650. The highest BCUT2D eigenvalue weighted by atomic mass is 16.5. The number of hydrogen-bond donors (Lipinski definition) is 1. The topological polar surface area (TPSA) is 44.8 Å². The van der Waals surface area contributed by atoms with Crippen LogP contribution in [0.1, 0.15) is 26.7 Å². The molecule has 1 N–H and O–H groups in total. The number of anilines is 1. The van der Waals surface area contributed by atoms with Crippen molar-refractivity contribution in [3.8, 4) is 0 Å². The van der Waals surface area contributed by atoms with Gasteiger partial charge in [-0.1, -0.05) is 25.1 Å². The third kappa shape index (κ3) is 4.33. The first-order valence-electron chi connectivity index (χ1n) is 9.37. The molecule has 2 aliphatic rings. The molecule has 1 aliphatic heterocycles. The van der Waals surface area contributed by atoms with E-state index in [1.165, 1.54) is 18.5 Å². The normalized spacial score (nSPS) is 21.7. The van der Waals surface area contributed by atoms with Crippen molar-refractivity contribution in [2.75, 3.05) is 44.8 Å². The van der Waals surface area contributed by atoms with Crippen molar-refractivity contribution in [1.29, 1.82) is 0 Å². The Bertz CT molecular complexity index is 566. The maximum absolute atomic E-state index is 12.8. The molecular formula is C20H31N3O2. The molecule has 0 radical (unpaired) electrons. The molecule has 138 valence electrons. The number of para-hydroxylation sites is 1. The maximum Gasteiger partial charge on any atom is 0.239 e. The Morgan fingerprint density at radius 1 is 1.20 bits per heavy atom. The number of nitrogens with zero attached hydrogens (tertiary/aromatic N) is 2. The van der Waals surface area contributed by atoms with Crippen LogP contribution in [0.4, 0.5) is 5.69 Å². The van der Waals surface area contributed by atoms with E-state index < -0.39 is 0 Å². The Balaban J connectivity index is 1.51. The number of hydrogen-bond acceptors (Lipinski definition) is 4. The number of piperazine rings is 1. The predicted octanol–water partition coefficient (Wildman–Crippen LogP) is 2.13. The largest absolute Gasteiger partial charge is 0.383 e. The SMILES string of the molecule is COCC(NC(C)C(=O)N1CCN(c2ccccc2)CC1)C1(C)CC1. The van der Waals surface area contributed by atoms with Crippen LogP contribution in [-0.2, 0) is 9.53 Å². The lowest BCUT2D eigenvalue weighted by atomic mass is 9.98. The molecule has 2 unspecified atom stereocenters. The van der Waals surface area contributed by atoms with Gasteiger partial charge in [0.15, 0.2) is 0 Å². The molecule has 0 spiro atoms. The number of carbonyl (C=O) groups excluding carboxylic acids is 1. The minimum absolute atomic E-state index is 0.166. The molecule has 0 bridgehead atoms. The number of nitrogens with one attached hydrogen (secondary N) is 1. The van der Waals surface area contributed by atoms with E-state index in [1.54, 1.807) is 7.11 Å². The van der Waals surface area contributed by atoms with Crippen molar-refractivity contribution in [3.63, 3.8) is 0 Å². The molecule has 5 heteroatoms. The molecule has 2 fully saturated rings. The minimum atomic E-state index is -0.166. The molecule has 5 nitrogen and oxygen atoms in total. The van der Waals surface area contributed by atoms with Crippen molar-refractivity contribution < 1.29 is 9.53 Å².